The van der Waals surface area contributed by atoms with Crippen LogP contribution in [0.3, 0.4) is 0 Å². The van der Waals surface area contributed by atoms with Crippen LogP contribution in [0.1, 0.15) is 27.9 Å². The molecule has 0 aliphatic heterocycles. The van der Waals surface area contributed by atoms with Crippen LogP contribution in [0.15, 0.2) is 97.1 Å². The Morgan fingerprint density at radius 1 is 0.909 bits per heavy atom. The summed E-state index contributed by atoms with van der Waals surface area (Å²) in [5.74, 6) is 0.594. The number of rotatable bonds is 14. The molecule has 1 atom stereocenters. The van der Waals surface area contributed by atoms with Gasteiger partial charge in [-0.05, 0) is 77.1 Å². The van der Waals surface area contributed by atoms with Crippen molar-refractivity contribution in [2.75, 3.05) is 31.1 Å². The molecule has 1 amide bonds. The van der Waals surface area contributed by atoms with E-state index in [2.05, 4.69) is 10.2 Å². The lowest BCUT2D eigenvalue weighted by molar-refractivity contribution is -0.384. The second-order valence-electron chi connectivity index (χ2n) is 10.1. The molecule has 10 heteroatoms. The second-order valence-corrected chi connectivity index (χ2v) is 11.0. The third kappa shape index (κ3) is 8.38. The van der Waals surface area contributed by atoms with E-state index in [4.69, 9.17) is 9.47 Å². The zero-order valence-corrected chi connectivity index (χ0v) is 25.7. The minimum Gasteiger partial charge on any atom is -0.497 e. The number of hydrogen-bond acceptors (Lipinski definition) is 8. The highest BCUT2D eigenvalue weighted by Gasteiger charge is 2.24. The van der Waals surface area contributed by atoms with E-state index in [9.17, 15) is 19.7 Å². The number of carbonyl (C=O) groups is 2. The predicted octanol–water partition coefficient (Wildman–Crippen LogP) is 6.50. The van der Waals surface area contributed by atoms with Gasteiger partial charge in [-0.15, -0.1) is 0 Å². The topological polar surface area (TPSA) is 111 Å². The summed E-state index contributed by atoms with van der Waals surface area (Å²) in [5.41, 5.74) is 4.81. The number of benzene rings is 4. The van der Waals surface area contributed by atoms with Gasteiger partial charge < -0.3 is 19.7 Å². The van der Waals surface area contributed by atoms with Crippen molar-refractivity contribution in [2.45, 2.75) is 25.6 Å². The van der Waals surface area contributed by atoms with Gasteiger partial charge in [0, 0.05) is 36.5 Å². The Balaban J connectivity index is 1.69. The number of nitro groups is 1. The Morgan fingerprint density at radius 2 is 1.57 bits per heavy atom. The number of carbonyl (C=O) groups excluding carboxylic acids is 2. The summed E-state index contributed by atoms with van der Waals surface area (Å²) in [6.45, 7) is 0.991. The fraction of sp³-hybridized carbons (Fsp3) is 0.235. The van der Waals surface area contributed by atoms with Crippen LogP contribution in [0, 0.1) is 10.1 Å². The van der Waals surface area contributed by atoms with E-state index in [-0.39, 0.29) is 11.6 Å². The van der Waals surface area contributed by atoms with E-state index in [1.165, 1.54) is 19.2 Å². The highest BCUT2D eigenvalue weighted by molar-refractivity contribution is 7.98. The molecule has 0 fully saturated rings. The Hall–Kier alpha value is -4.83. The Bertz CT molecular complexity index is 1560. The van der Waals surface area contributed by atoms with Gasteiger partial charge in [0.1, 0.15) is 11.8 Å². The largest absolute Gasteiger partial charge is 0.497 e. The van der Waals surface area contributed by atoms with Gasteiger partial charge in [-0.3, -0.25) is 14.9 Å². The van der Waals surface area contributed by atoms with Gasteiger partial charge >= 0.3 is 5.97 Å². The standard InChI is InChI=1S/C34H35N3O6S/c1-42-29-16-9-24(10-17-29)22-36(27-12-14-28(15-13-27)37(40)41)23-25-11-18-30(31(21-25)26-7-5-4-6-8-26)33(38)35-32(19-20-44-3)34(39)43-2/h4-18,21,32H,19-20,22-23H2,1-3H3,(H,35,38). The van der Waals surface area contributed by atoms with Crippen molar-refractivity contribution in [1.82, 2.24) is 5.32 Å². The van der Waals surface area contributed by atoms with Crippen LogP contribution in [-0.4, -0.2) is 49.1 Å². The van der Waals surface area contributed by atoms with E-state index in [1.807, 2.05) is 73.0 Å². The zero-order chi connectivity index (χ0) is 31.5. The van der Waals surface area contributed by atoms with Crippen LogP contribution >= 0.6 is 11.8 Å². The van der Waals surface area contributed by atoms with Gasteiger partial charge in [0.05, 0.1) is 19.1 Å². The number of nitrogens with one attached hydrogen (secondary N) is 1. The summed E-state index contributed by atoms with van der Waals surface area (Å²) >= 11 is 1.59. The lowest BCUT2D eigenvalue weighted by atomic mass is 9.96. The Labute approximate surface area is 261 Å². The van der Waals surface area contributed by atoms with Crippen LogP contribution in [0.4, 0.5) is 11.4 Å². The molecule has 0 heterocycles. The average Bonchev–Trinajstić information content (AvgIpc) is 3.06. The number of esters is 1. The van der Waals surface area contributed by atoms with Gasteiger partial charge in [0.15, 0.2) is 0 Å². The minimum atomic E-state index is -0.759. The maximum Gasteiger partial charge on any atom is 0.328 e. The predicted molar refractivity (Wildman–Crippen MR) is 174 cm³/mol. The van der Waals surface area contributed by atoms with Gasteiger partial charge in [0.2, 0.25) is 0 Å². The van der Waals surface area contributed by atoms with Crippen LogP contribution in [-0.2, 0) is 22.6 Å². The first-order chi connectivity index (χ1) is 21.3. The van der Waals surface area contributed by atoms with Gasteiger partial charge in [0.25, 0.3) is 11.6 Å². The maximum absolute atomic E-state index is 13.6. The minimum absolute atomic E-state index is 0.0164. The van der Waals surface area contributed by atoms with E-state index in [1.54, 1.807) is 37.1 Å². The molecule has 9 nitrogen and oxygen atoms in total. The van der Waals surface area contributed by atoms with Crippen molar-refractivity contribution in [3.63, 3.8) is 0 Å². The van der Waals surface area contributed by atoms with Crippen molar-refractivity contribution in [3.05, 3.63) is 124 Å². The summed E-state index contributed by atoms with van der Waals surface area (Å²) in [5, 5.41) is 14.1. The number of amides is 1. The quantitative estimate of drug-likeness (QED) is 0.0975. The molecule has 4 aromatic carbocycles. The first-order valence-corrected chi connectivity index (χ1v) is 15.4. The van der Waals surface area contributed by atoms with Crippen molar-refractivity contribution in [1.29, 1.82) is 0 Å². The van der Waals surface area contributed by atoms with Crippen molar-refractivity contribution in [3.8, 4) is 16.9 Å². The third-order valence-electron chi connectivity index (χ3n) is 7.15. The molecule has 0 aromatic heterocycles. The molecule has 0 saturated carbocycles. The molecule has 1 N–H and O–H groups in total. The molecule has 44 heavy (non-hydrogen) atoms. The van der Waals surface area contributed by atoms with Crippen LogP contribution in [0.5, 0.6) is 5.75 Å². The third-order valence-corrected chi connectivity index (χ3v) is 7.79. The summed E-state index contributed by atoms with van der Waals surface area (Å²) < 4.78 is 10.2. The first kappa shape index (κ1) is 32.1. The maximum atomic E-state index is 13.6. The number of anilines is 1. The molecule has 0 spiro atoms. The van der Waals surface area contributed by atoms with E-state index < -0.39 is 16.9 Å². The summed E-state index contributed by atoms with van der Waals surface area (Å²) in [7, 11) is 2.93. The lowest BCUT2D eigenvalue weighted by Gasteiger charge is -2.26. The monoisotopic (exact) mass is 613 g/mol. The summed E-state index contributed by atoms with van der Waals surface area (Å²) in [4.78, 5) is 38.9. The molecule has 0 saturated heterocycles. The van der Waals surface area contributed by atoms with E-state index in [0.717, 1.165) is 33.7 Å². The van der Waals surface area contributed by atoms with E-state index >= 15 is 0 Å². The van der Waals surface area contributed by atoms with Crippen molar-refractivity contribution < 1.29 is 24.0 Å². The highest BCUT2D eigenvalue weighted by Crippen LogP contribution is 2.29. The molecular weight excluding hydrogens is 578 g/mol. The lowest BCUT2D eigenvalue weighted by Crippen LogP contribution is -2.42. The molecule has 0 aliphatic carbocycles. The molecule has 1 unspecified atom stereocenters. The Kier molecular flexibility index (Phi) is 11.4. The van der Waals surface area contributed by atoms with Crippen molar-refractivity contribution in [2.24, 2.45) is 0 Å². The number of thioether (sulfide) groups is 1. The van der Waals surface area contributed by atoms with Crippen LogP contribution < -0.4 is 15.0 Å². The zero-order valence-electron chi connectivity index (χ0n) is 24.9. The number of methoxy groups -OCH3 is 2. The SMILES string of the molecule is COC(=O)C(CCSC)NC(=O)c1ccc(CN(Cc2ccc(OC)cc2)c2ccc([N+](=O)[O-])cc2)cc1-c1ccccc1. The van der Waals surface area contributed by atoms with Gasteiger partial charge in [-0.2, -0.15) is 11.8 Å². The number of nitro benzene ring substituents is 1. The van der Waals surface area contributed by atoms with Crippen LogP contribution in [0.2, 0.25) is 0 Å². The summed E-state index contributed by atoms with van der Waals surface area (Å²) in [6.07, 6.45) is 2.39. The molecule has 0 bridgehead atoms. The molecule has 4 aromatic rings. The smallest absolute Gasteiger partial charge is 0.328 e. The molecule has 0 aliphatic rings. The molecule has 4 rings (SSSR count). The average molecular weight is 614 g/mol. The fourth-order valence-electron chi connectivity index (χ4n) is 4.80. The molecular formula is C34H35N3O6S. The molecule has 0 radical (unpaired) electrons. The van der Waals surface area contributed by atoms with Gasteiger partial charge in [-0.1, -0.05) is 48.5 Å². The van der Waals surface area contributed by atoms with Crippen LogP contribution in [0.25, 0.3) is 11.1 Å². The number of nitrogens with zero attached hydrogens (tertiary/aromatic N) is 2. The van der Waals surface area contributed by atoms with Gasteiger partial charge in [-0.25, -0.2) is 4.79 Å². The fourth-order valence-corrected chi connectivity index (χ4v) is 5.27. The van der Waals surface area contributed by atoms with E-state index in [0.29, 0.717) is 30.8 Å². The number of non-ortho nitro benzene ring substituents is 1. The molecule has 228 valence electrons. The normalized spacial score (nSPS) is 11.3. The number of hydrogen-bond donors (Lipinski definition) is 1. The van der Waals surface area contributed by atoms with Crippen molar-refractivity contribution >= 4 is 35.0 Å². The highest BCUT2D eigenvalue weighted by atomic mass is 32.2. The second kappa shape index (κ2) is 15.6. The first-order valence-electron chi connectivity index (χ1n) is 14.0. The summed E-state index contributed by atoms with van der Waals surface area (Å²) in [6, 6.07) is 28.7. The number of ether oxygens (including phenoxy) is 2. The Morgan fingerprint density at radius 3 is 2.18 bits per heavy atom.